The van der Waals surface area contributed by atoms with Gasteiger partial charge in [-0.1, -0.05) is 0 Å². The zero-order valence-corrected chi connectivity index (χ0v) is 14.1. The average molecular weight is 334 g/mol. The zero-order valence-electron chi connectivity index (χ0n) is 14.1. The highest BCUT2D eigenvalue weighted by atomic mass is 16.5. The predicted molar refractivity (Wildman–Crippen MR) is 85.7 cm³/mol. The lowest BCUT2D eigenvalue weighted by atomic mass is 10.2. The maximum absolute atomic E-state index is 5.89. The van der Waals surface area contributed by atoms with E-state index in [-0.39, 0.29) is 12.2 Å². The van der Waals surface area contributed by atoms with E-state index in [1.807, 2.05) is 6.92 Å². The molecule has 8 nitrogen and oxygen atoms in total. The van der Waals surface area contributed by atoms with Gasteiger partial charge in [0.2, 0.25) is 17.7 Å². The maximum Gasteiger partial charge on any atom is 0.248 e. The van der Waals surface area contributed by atoms with Gasteiger partial charge in [-0.3, -0.25) is 0 Å². The van der Waals surface area contributed by atoms with E-state index in [1.54, 1.807) is 25.4 Å². The summed E-state index contributed by atoms with van der Waals surface area (Å²) in [6.07, 6.45) is 1.57. The molecule has 0 amide bonds. The van der Waals surface area contributed by atoms with Crippen molar-refractivity contribution in [1.29, 1.82) is 0 Å². The standard InChI is InChI=1S/C16H22N4O4/c1-11-9-20(2)10-13(23-11)16-19-18-15(24-16)12-4-5-17-14(8-12)22-7-6-21-3/h4-5,8,11,13H,6-7,9-10H2,1-3H3/t11-,13-/m1/s1. The number of aromatic nitrogens is 3. The molecular weight excluding hydrogens is 312 g/mol. The van der Waals surface area contributed by atoms with Crippen molar-refractivity contribution in [1.82, 2.24) is 20.1 Å². The van der Waals surface area contributed by atoms with Crippen LogP contribution in [0.4, 0.5) is 0 Å². The lowest BCUT2D eigenvalue weighted by Gasteiger charge is -2.32. The van der Waals surface area contributed by atoms with Crippen LogP contribution in [0.5, 0.6) is 5.88 Å². The third-order valence-electron chi connectivity index (χ3n) is 3.68. The van der Waals surface area contributed by atoms with Gasteiger partial charge in [0.1, 0.15) is 12.7 Å². The van der Waals surface area contributed by atoms with Gasteiger partial charge in [-0.25, -0.2) is 4.98 Å². The van der Waals surface area contributed by atoms with Gasteiger partial charge in [0, 0.05) is 38.0 Å². The second-order valence-electron chi connectivity index (χ2n) is 5.83. The molecule has 0 aromatic carbocycles. The van der Waals surface area contributed by atoms with Crippen LogP contribution in [0.3, 0.4) is 0 Å². The van der Waals surface area contributed by atoms with Gasteiger partial charge in [0.25, 0.3) is 0 Å². The minimum Gasteiger partial charge on any atom is -0.475 e. The fourth-order valence-electron chi connectivity index (χ4n) is 2.63. The van der Waals surface area contributed by atoms with Crippen molar-refractivity contribution in [2.75, 3.05) is 40.5 Å². The summed E-state index contributed by atoms with van der Waals surface area (Å²) in [5, 5.41) is 8.27. The first-order chi connectivity index (χ1) is 11.7. The van der Waals surface area contributed by atoms with E-state index < -0.39 is 0 Å². The number of rotatable bonds is 6. The molecule has 0 radical (unpaired) electrons. The Hall–Kier alpha value is -2.03. The van der Waals surface area contributed by atoms with Crippen LogP contribution in [-0.4, -0.2) is 66.6 Å². The van der Waals surface area contributed by atoms with E-state index in [0.29, 0.717) is 30.9 Å². The Balaban J connectivity index is 1.72. The predicted octanol–water partition coefficient (Wildman–Crippen LogP) is 1.55. The molecule has 0 aliphatic carbocycles. The van der Waals surface area contributed by atoms with E-state index in [0.717, 1.165) is 18.7 Å². The SMILES string of the molecule is COCCOc1cc(-c2nnc([C@H]3CN(C)C[C@@H](C)O3)o2)ccn1. The van der Waals surface area contributed by atoms with Crippen LogP contribution in [-0.2, 0) is 9.47 Å². The number of pyridine rings is 1. The second kappa shape index (κ2) is 7.69. The third kappa shape index (κ3) is 4.08. The van der Waals surface area contributed by atoms with Crippen LogP contribution in [0.25, 0.3) is 11.5 Å². The molecular formula is C16H22N4O4. The van der Waals surface area contributed by atoms with Crippen LogP contribution in [0.2, 0.25) is 0 Å². The Labute approximate surface area is 140 Å². The zero-order chi connectivity index (χ0) is 16.9. The number of methoxy groups -OCH3 is 1. The topological polar surface area (TPSA) is 82.7 Å². The maximum atomic E-state index is 5.89. The lowest BCUT2D eigenvalue weighted by molar-refractivity contribution is -0.0821. The number of ether oxygens (including phenoxy) is 3. The van der Waals surface area contributed by atoms with Crippen molar-refractivity contribution in [3.8, 4) is 17.3 Å². The fraction of sp³-hybridized carbons (Fsp3) is 0.562. The summed E-state index contributed by atoms with van der Waals surface area (Å²) in [5.41, 5.74) is 0.758. The molecule has 2 aromatic rings. The van der Waals surface area contributed by atoms with Crippen LogP contribution < -0.4 is 4.74 Å². The van der Waals surface area contributed by atoms with Gasteiger partial charge in [-0.15, -0.1) is 10.2 Å². The first kappa shape index (κ1) is 16.8. The van der Waals surface area contributed by atoms with Gasteiger partial charge in [-0.2, -0.15) is 0 Å². The molecule has 1 saturated heterocycles. The molecule has 130 valence electrons. The second-order valence-corrected chi connectivity index (χ2v) is 5.83. The summed E-state index contributed by atoms with van der Waals surface area (Å²) in [4.78, 5) is 6.35. The fourth-order valence-corrected chi connectivity index (χ4v) is 2.63. The Morgan fingerprint density at radius 1 is 1.29 bits per heavy atom. The van der Waals surface area contributed by atoms with Crippen molar-refractivity contribution in [3.63, 3.8) is 0 Å². The van der Waals surface area contributed by atoms with Crippen LogP contribution in [0, 0.1) is 0 Å². The average Bonchev–Trinajstić information content (AvgIpc) is 3.05. The van der Waals surface area contributed by atoms with E-state index in [2.05, 4.69) is 27.1 Å². The van der Waals surface area contributed by atoms with Gasteiger partial charge in [0.05, 0.1) is 12.7 Å². The van der Waals surface area contributed by atoms with Crippen molar-refractivity contribution < 1.29 is 18.6 Å². The van der Waals surface area contributed by atoms with Gasteiger partial charge in [0.15, 0.2) is 0 Å². The molecule has 1 fully saturated rings. The van der Waals surface area contributed by atoms with Crippen molar-refractivity contribution in [2.24, 2.45) is 0 Å². The molecule has 0 bridgehead atoms. The Morgan fingerprint density at radius 3 is 2.96 bits per heavy atom. The molecule has 1 aliphatic rings. The van der Waals surface area contributed by atoms with E-state index in [4.69, 9.17) is 18.6 Å². The molecule has 3 heterocycles. The number of nitrogens with zero attached hydrogens (tertiary/aromatic N) is 4. The number of hydrogen-bond donors (Lipinski definition) is 0. The smallest absolute Gasteiger partial charge is 0.248 e. The highest BCUT2D eigenvalue weighted by molar-refractivity contribution is 5.53. The minimum atomic E-state index is -0.209. The number of likely N-dealkylation sites (N-methyl/N-ethyl adjacent to an activating group) is 1. The van der Waals surface area contributed by atoms with Crippen molar-refractivity contribution in [3.05, 3.63) is 24.2 Å². The summed E-state index contributed by atoms with van der Waals surface area (Å²) in [5.74, 6) is 1.40. The Kier molecular flexibility index (Phi) is 5.39. The van der Waals surface area contributed by atoms with Crippen molar-refractivity contribution >= 4 is 0 Å². The molecule has 0 saturated carbocycles. The molecule has 2 aromatic heterocycles. The van der Waals surface area contributed by atoms with E-state index >= 15 is 0 Å². The normalized spacial score (nSPS) is 21.8. The summed E-state index contributed by atoms with van der Waals surface area (Å²) >= 11 is 0. The minimum absolute atomic E-state index is 0.130. The van der Waals surface area contributed by atoms with Gasteiger partial charge >= 0.3 is 0 Å². The summed E-state index contributed by atoms with van der Waals surface area (Å²) in [6, 6.07) is 3.57. The molecule has 8 heteroatoms. The highest BCUT2D eigenvalue weighted by Gasteiger charge is 2.28. The molecule has 1 aliphatic heterocycles. The first-order valence-corrected chi connectivity index (χ1v) is 7.91. The Bertz CT molecular complexity index is 653. The van der Waals surface area contributed by atoms with Crippen LogP contribution in [0.1, 0.15) is 18.9 Å². The highest BCUT2D eigenvalue weighted by Crippen LogP contribution is 2.27. The van der Waals surface area contributed by atoms with Crippen LogP contribution >= 0.6 is 0 Å². The molecule has 0 N–H and O–H groups in total. The van der Waals surface area contributed by atoms with E-state index in [1.165, 1.54) is 0 Å². The molecule has 0 unspecified atom stereocenters. The van der Waals surface area contributed by atoms with Gasteiger partial charge < -0.3 is 23.5 Å². The molecule has 0 spiro atoms. The molecule has 2 atom stereocenters. The van der Waals surface area contributed by atoms with Crippen molar-refractivity contribution in [2.45, 2.75) is 19.1 Å². The quantitative estimate of drug-likeness (QED) is 0.736. The third-order valence-corrected chi connectivity index (χ3v) is 3.68. The Morgan fingerprint density at radius 2 is 2.17 bits per heavy atom. The summed E-state index contributed by atoms with van der Waals surface area (Å²) in [6.45, 7) is 4.59. The summed E-state index contributed by atoms with van der Waals surface area (Å²) < 4.78 is 22.2. The van der Waals surface area contributed by atoms with Gasteiger partial charge in [-0.05, 0) is 20.0 Å². The molecule has 3 rings (SSSR count). The largest absolute Gasteiger partial charge is 0.475 e. The van der Waals surface area contributed by atoms with Crippen LogP contribution in [0.15, 0.2) is 22.7 Å². The monoisotopic (exact) mass is 334 g/mol. The lowest BCUT2D eigenvalue weighted by Crippen LogP contribution is -2.40. The van der Waals surface area contributed by atoms with E-state index in [9.17, 15) is 0 Å². The summed E-state index contributed by atoms with van der Waals surface area (Å²) in [7, 11) is 3.68. The first-order valence-electron chi connectivity index (χ1n) is 7.91. The number of hydrogen-bond acceptors (Lipinski definition) is 8. The number of morpholine rings is 1. The molecule has 24 heavy (non-hydrogen) atoms.